The molecule has 2 atom stereocenters. The molecule has 0 bridgehead atoms. The van der Waals surface area contributed by atoms with Crippen molar-refractivity contribution in [1.29, 1.82) is 0 Å². The summed E-state index contributed by atoms with van der Waals surface area (Å²) >= 11 is 0. The molecule has 1 aliphatic heterocycles. The van der Waals surface area contributed by atoms with Crippen LogP contribution in [0.4, 0.5) is 4.79 Å². The number of benzene rings is 1. The molecule has 1 saturated heterocycles. The number of carbonyl (C=O) groups is 2. The molecule has 0 aromatic heterocycles. The fraction of sp³-hybridized carbons (Fsp3) is 0.600. The van der Waals surface area contributed by atoms with Gasteiger partial charge >= 0.3 is 12.1 Å². The molecule has 26 heavy (non-hydrogen) atoms. The second-order valence-corrected chi connectivity index (χ2v) is 7.45. The molecule has 0 unspecified atom stereocenters. The van der Waals surface area contributed by atoms with Crippen LogP contribution in [0.3, 0.4) is 0 Å². The van der Waals surface area contributed by atoms with Crippen molar-refractivity contribution in [2.75, 3.05) is 26.8 Å². The lowest BCUT2D eigenvalue weighted by Crippen LogP contribution is -2.47. The zero-order chi connectivity index (χ0) is 19.3. The summed E-state index contributed by atoms with van der Waals surface area (Å²) in [6.45, 7) is 8.58. The Balaban J connectivity index is 2.22. The van der Waals surface area contributed by atoms with Crippen molar-refractivity contribution in [1.82, 2.24) is 4.90 Å². The van der Waals surface area contributed by atoms with Crippen LogP contribution in [0.5, 0.6) is 5.75 Å². The van der Waals surface area contributed by atoms with E-state index >= 15 is 0 Å². The minimum atomic E-state index is -0.551. The number of likely N-dealkylation sites (tertiary alicyclic amines) is 1. The SMILES string of the molecule is CCOC(=O)[C@@H]1CCN(C(=O)OC(C)(C)C)C[C@@H]1c1ccc(OC)cc1. The molecule has 144 valence electrons. The summed E-state index contributed by atoms with van der Waals surface area (Å²) in [5.41, 5.74) is 0.433. The summed E-state index contributed by atoms with van der Waals surface area (Å²) in [7, 11) is 1.61. The van der Waals surface area contributed by atoms with Gasteiger partial charge in [0.05, 0.1) is 19.6 Å². The summed E-state index contributed by atoms with van der Waals surface area (Å²) in [5.74, 6) is 0.127. The normalized spacial score (nSPS) is 20.4. The summed E-state index contributed by atoms with van der Waals surface area (Å²) in [6, 6.07) is 7.61. The number of hydrogen-bond acceptors (Lipinski definition) is 5. The maximum atomic E-state index is 12.5. The molecule has 1 aliphatic rings. The highest BCUT2D eigenvalue weighted by Gasteiger charge is 2.38. The fourth-order valence-electron chi connectivity index (χ4n) is 3.16. The molecule has 1 fully saturated rings. The van der Waals surface area contributed by atoms with E-state index in [1.165, 1.54) is 0 Å². The van der Waals surface area contributed by atoms with E-state index in [1.807, 2.05) is 45.0 Å². The third-order valence-electron chi connectivity index (χ3n) is 4.40. The molecule has 1 heterocycles. The van der Waals surface area contributed by atoms with E-state index in [0.717, 1.165) is 11.3 Å². The van der Waals surface area contributed by atoms with E-state index in [9.17, 15) is 9.59 Å². The standard InChI is InChI=1S/C20H29NO5/c1-6-25-18(22)16-11-12-21(19(23)26-20(2,3)4)13-17(16)14-7-9-15(24-5)10-8-14/h7-10,16-17H,6,11-13H2,1-5H3/t16-,17-/m1/s1. The number of ether oxygens (including phenoxy) is 3. The lowest BCUT2D eigenvalue weighted by molar-refractivity contribution is -0.150. The predicted octanol–water partition coefficient (Wildman–Crippen LogP) is 3.60. The van der Waals surface area contributed by atoms with Gasteiger partial charge < -0.3 is 19.1 Å². The molecular formula is C20H29NO5. The van der Waals surface area contributed by atoms with Gasteiger partial charge in [0.15, 0.2) is 0 Å². The van der Waals surface area contributed by atoms with Gasteiger partial charge in [-0.15, -0.1) is 0 Å². The van der Waals surface area contributed by atoms with Crippen molar-refractivity contribution in [2.45, 2.75) is 45.6 Å². The number of nitrogens with zero attached hydrogens (tertiary/aromatic N) is 1. The van der Waals surface area contributed by atoms with Gasteiger partial charge in [0.2, 0.25) is 0 Å². The van der Waals surface area contributed by atoms with Crippen molar-refractivity contribution < 1.29 is 23.8 Å². The van der Waals surface area contributed by atoms with Crippen LogP contribution < -0.4 is 4.74 Å². The number of amides is 1. The summed E-state index contributed by atoms with van der Waals surface area (Å²) < 4.78 is 16.0. The van der Waals surface area contributed by atoms with Crippen LogP contribution in [0.1, 0.15) is 45.6 Å². The van der Waals surface area contributed by atoms with Crippen molar-refractivity contribution in [3.8, 4) is 5.75 Å². The Kier molecular flexibility index (Phi) is 6.51. The largest absolute Gasteiger partial charge is 0.497 e. The Labute approximate surface area is 155 Å². The number of methoxy groups -OCH3 is 1. The van der Waals surface area contributed by atoms with Gasteiger partial charge in [0.1, 0.15) is 11.4 Å². The molecule has 2 rings (SSSR count). The lowest BCUT2D eigenvalue weighted by atomic mass is 9.80. The van der Waals surface area contributed by atoms with Gasteiger partial charge in [0, 0.05) is 19.0 Å². The van der Waals surface area contributed by atoms with E-state index in [0.29, 0.717) is 26.1 Å². The van der Waals surface area contributed by atoms with Crippen molar-refractivity contribution in [3.63, 3.8) is 0 Å². The van der Waals surface area contributed by atoms with E-state index in [1.54, 1.807) is 18.9 Å². The van der Waals surface area contributed by atoms with Crippen LogP contribution in [0.15, 0.2) is 24.3 Å². The Morgan fingerprint density at radius 1 is 1.19 bits per heavy atom. The van der Waals surface area contributed by atoms with Gasteiger partial charge in [-0.25, -0.2) is 4.79 Å². The minimum Gasteiger partial charge on any atom is -0.497 e. The molecule has 6 heteroatoms. The quantitative estimate of drug-likeness (QED) is 0.765. The number of carbonyl (C=O) groups excluding carboxylic acids is 2. The van der Waals surface area contributed by atoms with Crippen LogP contribution in [0.2, 0.25) is 0 Å². The average Bonchev–Trinajstić information content (AvgIpc) is 2.60. The smallest absolute Gasteiger partial charge is 0.410 e. The topological polar surface area (TPSA) is 65.1 Å². The Bertz CT molecular complexity index is 620. The molecule has 1 aromatic rings. The number of piperidine rings is 1. The van der Waals surface area contributed by atoms with Crippen molar-refractivity contribution in [2.24, 2.45) is 5.92 Å². The highest BCUT2D eigenvalue weighted by Crippen LogP contribution is 2.34. The molecule has 0 saturated carbocycles. The fourth-order valence-corrected chi connectivity index (χ4v) is 3.16. The molecule has 0 spiro atoms. The molecule has 0 N–H and O–H groups in total. The van der Waals surface area contributed by atoms with Crippen LogP contribution in [0.25, 0.3) is 0 Å². The van der Waals surface area contributed by atoms with Gasteiger partial charge in [-0.1, -0.05) is 12.1 Å². The summed E-state index contributed by atoms with van der Waals surface area (Å²) in [4.78, 5) is 26.6. The monoisotopic (exact) mass is 363 g/mol. The highest BCUT2D eigenvalue weighted by atomic mass is 16.6. The number of hydrogen-bond donors (Lipinski definition) is 0. The highest BCUT2D eigenvalue weighted by molar-refractivity contribution is 5.75. The molecule has 0 radical (unpaired) electrons. The molecule has 1 aromatic carbocycles. The van der Waals surface area contributed by atoms with Gasteiger partial charge in [-0.3, -0.25) is 4.79 Å². The van der Waals surface area contributed by atoms with Crippen LogP contribution in [-0.2, 0) is 14.3 Å². The first-order valence-corrected chi connectivity index (χ1v) is 9.03. The average molecular weight is 363 g/mol. The number of esters is 1. The minimum absolute atomic E-state index is 0.138. The Morgan fingerprint density at radius 3 is 2.38 bits per heavy atom. The first-order chi connectivity index (χ1) is 12.2. The van der Waals surface area contributed by atoms with Gasteiger partial charge in [0.25, 0.3) is 0 Å². The zero-order valence-electron chi connectivity index (χ0n) is 16.3. The third kappa shape index (κ3) is 5.13. The van der Waals surface area contributed by atoms with Crippen LogP contribution in [-0.4, -0.2) is 49.4 Å². The molecule has 0 aliphatic carbocycles. The maximum absolute atomic E-state index is 12.5. The lowest BCUT2D eigenvalue weighted by Gasteiger charge is -2.38. The molecule has 1 amide bonds. The third-order valence-corrected chi connectivity index (χ3v) is 4.40. The van der Waals surface area contributed by atoms with Crippen LogP contribution >= 0.6 is 0 Å². The van der Waals surface area contributed by atoms with E-state index < -0.39 is 5.60 Å². The van der Waals surface area contributed by atoms with Gasteiger partial charge in [-0.2, -0.15) is 0 Å². The first kappa shape index (κ1) is 20.1. The van der Waals surface area contributed by atoms with E-state index in [-0.39, 0.29) is 23.9 Å². The summed E-state index contributed by atoms with van der Waals surface area (Å²) in [5, 5.41) is 0. The van der Waals surface area contributed by atoms with E-state index in [4.69, 9.17) is 14.2 Å². The maximum Gasteiger partial charge on any atom is 0.410 e. The second kappa shape index (κ2) is 8.43. The van der Waals surface area contributed by atoms with E-state index in [2.05, 4.69) is 0 Å². The second-order valence-electron chi connectivity index (χ2n) is 7.45. The van der Waals surface area contributed by atoms with Crippen molar-refractivity contribution >= 4 is 12.1 Å². The predicted molar refractivity (Wildman–Crippen MR) is 98.3 cm³/mol. The molecular weight excluding hydrogens is 334 g/mol. The first-order valence-electron chi connectivity index (χ1n) is 9.03. The van der Waals surface area contributed by atoms with Crippen LogP contribution in [0, 0.1) is 5.92 Å². The van der Waals surface area contributed by atoms with Gasteiger partial charge in [-0.05, 0) is 51.8 Å². The Hall–Kier alpha value is -2.24. The number of rotatable bonds is 4. The van der Waals surface area contributed by atoms with Crippen molar-refractivity contribution in [3.05, 3.63) is 29.8 Å². The zero-order valence-corrected chi connectivity index (χ0v) is 16.3. The summed E-state index contributed by atoms with van der Waals surface area (Å²) in [6.07, 6.45) is 0.202. The Morgan fingerprint density at radius 2 is 1.85 bits per heavy atom. The molecule has 6 nitrogen and oxygen atoms in total.